The van der Waals surface area contributed by atoms with Crippen molar-refractivity contribution in [1.29, 1.82) is 0 Å². The van der Waals surface area contributed by atoms with Crippen LogP contribution in [-0.4, -0.2) is 21.3 Å². The Morgan fingerprint density at radius 1 is 1.75 bits per heavy atom. The molecule has 1 aliphatic rings. The maximum atomic E-state index is 4.26. The van der Waals surface area contributed by atoms with Crippen LogP contribution < -0.4 is 5.32 Å². The molecule has 4 heteroatoms. The van der Waals surface area contributed by atoms with Gasteiger partial charge in [-0.25, -0.2) is 9.67 Å². The van der Waals surface area contributed by atoms with E-state index in [2.05, 4.69) is 22.3 Å². The monoisotopic (exact) mass is 166 g/mol. The number of hydrogen-bond acceptors (Lipinski definition) is 3. The second kappa shape index (κ2) is 3.23. The molecule has 1 aromatic heterocycles. The van der Waals surface area contributed by atoms with Crippen LogP contribution >= 0.6 is 0 Å². The van der Waals surface area contributed by atoms with E-state index >= 15 is 0 Å². The molecule has 2 rings (SSSR count). The second-order valence-corrected chi connectivity index (χ2v) is 3.08. The normalized spacial score (nSPS) is 23.2. The van der Waals surface area contributed by atoms with Crippen molar-refractivity contribution in [3.63, 3.8) is 0 Å². The minimum absolute atomic E-state index is 0.437. The molecule has 0 spiro atoms. The molecular weight excluding hydrogens is 152 g/mol. The summed E-state index contributed by atoms with van der Waals surface area (Å²) in [6.07, 6.45) is 4.08. The van der Waals surface area contributed by atoms with Crippen molar-refractivity contribution < 1.29 is 0 Å². The molecule has 1 N–H and O–H groups in total. The Labute approximate surface area is 72.0 Å². The van der Waals surface area contributed by atoms with Gasteiger partial charge in [0, 0.05) is 6.54 Å². The van der Waals surface area contributed by atoms with Crippen LogP contribution in [0.5, 0.6) is 0 Å². The third-order valence-electron chi connectivity index (χ3n) is 2.32. The fourth-order valence-corrected chi connectivity index (χ4v) is 1.69. The Bertz CT molecular complexity index is 249. The van der Waals surface area contributed by atoms with E-state index in [0.29, 0.717) is 6.04 Å². The summed E-state index contributed by atoms with van der Waals surface area (Å²) in [6, 6.07) is 0.437. The van der Waals surface area contributed by atoms with E-state index in [-0.39, 0.29) is 0 Å². The molecule has 0 aromatic carbocycles. The Morgan fingerprint density at radius 2 is 2.67 bits per heavy atom. The van der Waals surface area contributed by atoms with Crippen LogP contribution in [0.1, 0.15) is 31.6 Å². The van der Waals surface area contributed by atoms with Gasteiger partial charge in [0.05, 0.1) is 6.04 Å². The predicted molar refractivity (Wildman–Crippen MR) is 45.7 cm³/mol. The first-order chi connectivity index (χ1) is 5.92. The quantitative estimate of drug-likeness (QED) is 0.704. The predicted octanol–water partition coefficient (Wildman–Crippen LogP) is 0.722. The largest absolute Gasteiger partial charge is 0.307 e. The molecule has 1 aliphatic heterocycles. The van der Waals surface area contributed by atoms with Crippen LogP contribution in [-0.2, 0) is 6.54 Å². The van der Waals surface area contributed by atoms with E-state index < -0.39 is 0 Å². The van der Waals surface area contributed by atoms with Gasteiger partial charge in [0.25, 0.3) is 0 Å². The number of nitrogens with one attached hydrogen (secondary N) is 1. The molecule has 0 bridgehead atoms. The third kappa shape index (κ3) is 1.22. The first kappa shape index (κ1) is 7.73. The first-order valence-electron chi connectivity index (χ1n) is 4.53. The highest BCUT2D eigenvalue weighted by Gasteiger charge is 2.20. The topological polar surface area (TPSA) is 42.7 Å². The van der Waals surface area contributed by atoms with Crippen molar-refractivity contribution in [1.82, 2.24) is 20.1 Å². The number of aromatic nitrogens is 3. The molecule has 1 fully saturated rings. The molecule has 4 nitrogen and oxygen atoms in total. The van der Waals surface area contributed by atoms with Gasteiger partial charge >= 0.3 is 0 Å². The highest BCUT2D eigenvalue weighted by atomic mass is 15.3. The fraction of sp³-hybridized carbons (Fsp3) is 0.750. The lowest BCUT2D eigenvalue weighted by Gasteiger charge is -2.09. The molecule has 1 saturated heterocycles. The summed E-state index contributed by atoms with van der Waals surface area (Å²) in [5.74, 6) is 1.09. The number of hydrogen-bond donors (Lipinski definition) is 1. The van der Waals surface area contributed by atoms with Gasteiger partial charge in [-0.3, -0.25) is 0 Å². The molecule has 66 valence electrons. The number of rotatable bonds is 2. The van der Waals surface area contributed by atoms with Crippen LogP contribution in [0.15, 0.2) is 6.33 Å². The summed E-state index contributed by atoms with van der Waals surface area (Å²) in [5.41, 5.74) is 0. The molecule has 1 aromatic rings. The third-order valence-corrected chi connectivity index (χ3v) is 2.32. The van der Waals surface area contributed by atoms with E-state index in [1.54, 1.807) is 6.33 Å². The average Bonchev–Trinajstić information content (AvgIpc) is 2.74. The van der Waals surface area contributed by atoms with Gasteiger partial charge in [0.15, 0.2) is 0 Å². The lowest BCUT2D eigenvalue weighted by Crippen LogP contribution is -2.18. The van der Waals surface area contributed by atoms with Crippen LogP contribution in [0.2, 0.25) is 0 Å². The van der Waals surface area contributed by atoms with Gasteiger partial charge in [0.1, 0.15) is 12.2 Å². The van der Waals surface area contributed by atoms with Gasteiger partial charge < -0.3 is 5.32 Å². The highest BCUT2D eigenvalue weighted by Crippen LogP contribution is 2.20. The van der Waals surface area contributed by atoms with Crippen molar-refractivity contribution in [2.75, 3.05) is 6.54 Å². The Hall–Kier alpha value is -0.900. The van der Waals surface area contributed by atoms with Gasteiger partial charge in [-0.1, -0.05) is 0 Å². The molecule has 2 heterocycles. The van der Waals surface area contributed by atoms with E-state index in [4.69, 9.17) is 0 Å². The summed E-state index contributed by atoms with van der Waals surface area (Å²) >= 11 is 0. The van der Waals surface area contributed by atoms with Crippen molar-refractivity contribution in [2.45, 2.75) is 32.4 Å². The van der Waals surface area contributed by atoms with Crippen molar-refractivity contribution in [2.24, 2.45) is 0 Å². The standard InChI is InChI=1S/C8H14N4/c1-2-12-8(10-6-11-12)7-4-3-5-9-7/h6-7,9H,2-5H2,1H3/t7-/m1/s1. The van der Waals surface area contributed by atoms with E-state index in [9.17, 15) is 0 Å². The maximum Gasteiger partial charge on any atom is 0.143 e. The van der Waals surface area contributed by atoms with Gasteiger partial charge in [-0.15, -0.1) is 0 Å². The summed E-state index contributed by atoms with van der Waals surface area (Å²) < 4.78 is 1.96. The van der Waals surface area contributed by atoms with Gasteiger partial charge in [-0.05, 0) is 26.3 Å². The van der Waals surface area contributed by atoms with E-state index in [0.717, 1.165) is 18.9 Å². The minimum atomic E-state index is 0.437. The molecule has 0 unspecified atom stereocenters. The van der Waals surface area contributed by atoms with Crippen LogP contribution in [0.4, 0.5) is 0 Å². The van der Waals surface area contributed by atoms with E-state index in [1.807, 2.05) is 4.68 Å². The lowest BCUT2D eigenvalue weighted by atomic mass is 10.2. The molecule has 0 aliphatic carbocycles. The molecule has 12 heavy (non-hydrogen) atoms. The average molecular weight is 166 g/mol. The molecular formula is C8H14N4. The zero-order chi connectivity index (χ0) is 8.39. The molecule has 0 radical (unpaired) electrons. The number of nitrogens with zero attached hydrogens (tertiary/aromatic N) is 3. The zero-order valence-electron chi connectivity index (χ0n) is 7.32. The lowest BCUT2D eigenvalue weighted by molar-refractivity contribution is 0.528. The Balaban J connectivity index is 2.19. The minimum Gasteiger partial charge on any atom is -0.307 e. The smallest absolute Gasteiger partial charge is 0.143 e. The van der Waals surface area contributed by atoms with Gasteiger partial charge in [0.2, 0.25) is 0 Å². The van der Waals surface area contributed by atoms with Crippen molar-refractivity contribution in [3.05, 3.63) is 12.2 Å². The molecule has 0 saturated carbocycles. The summed E-state index contributed by atoms with van der Waals surface area (Å²) in [6.45, 7) is 4.11. The Morgan fingerprint density at radius 3 is 3.33 bits per heavy atom. The van der Waals surface area contributed by atoms with E-state index in [1.165, 1.54) is 12.8 Å². The summed E-state index contributed by atoms with van der Waals surface area (Å²) in [4.78, 5) is 4.26. The second-order valence-electron chi connectivity index (χ2n) is 3.08. The van der Waals surface area contributed by atoms with Crippen LogP contribution in [0, 0.1) is 0 Å². The number of aryl methyl sites for hydroxylation is 1. The fourth-order valence-electron chi connectivity index (χ4n) is 1.69. The van der Waals surface area contributed by atoms with Gasteiger partial charge in [-0.2, -0.15) is 5.10 Å². The SMILES string of the molecule is CCn1ncnc1[C@H]1CCCN1. The van der Waals surface area contributed by atoms with Crippen LogP contribution in [0.3, 0.4) is 0 Å². The first-order valence-corrected chi connectivity index (χ1v) is 4.53. The summed E-state index contributed by atoms with van der Waals surface area (Å²) in [7, 11) is 0. The van der Waals surface area contributed by atoms with Crippen molar-refractivity contribution in [3.8, 4) is 0 Å². The molecule has 0 amide bonds. The Kier molecular flexibility index (Phi) is 2.08. The summed E-state index contributed by atoms with van der Waals surface area (Å²) in [5, 5.41) is 7.56. The van der Waals surface area contributed by atoms with Crippen LogP contribution in [0.25, 0.3) is 0 Å². The maximum absolute atomic E-state index is 4.26. The van der Waals surface area contributed by atoms with Crippen molar-refractivity contribution >= 4 is 0 Å². The highest BCUT2D eigenvalue weighted by molar-refractivity contribution is 4.96. The zero-order valence-corrected chi connectivity index (χ0v) is 7.32. The molecule has 1 atom stereocenters.